The van der Waals surface area contributed by atoms with Crippen molar-refractivity contribution in [1.82, 2.24) is 10.2 Å². The van der Waals surface area contributed by atoms with Crippen molar-refractivity contribution in [3.05, 3.63) is 39.3 Å². The average Bonchev–Trinajstić information content (AvgIpc) is 2.59. The van der Waals surface area contributed by atoms with Gasteiger partial charge in [0.05, 0.1) is 26.6 Å². The largest absolute Gasteiger partial charge is 0.493 e. The lowest BCUT2D eigenvalue weighted by atomic mass is 10.2. The first kappa shape index (κ1) is 18.5. The number of hydrogen-bond donors (Lipinski definition) is 2. The van der Waals surface area contributed by atoms with Gasteiger partial charge in [-0.3, -0.25) is 10.2 Å². The van der Waals surface area contributed by atoms with Gasteiger partial charge in [0, 0.05) is 5.56 Å². The molecule has 0 fully saturated rings. The molecule has 0 saturated carbocycles. The molecular weight excluding hydrogens is 362 g/mol. The summed E-state index contributed by atoms with van der Waals surface area (Å²) < 4.78 is 39.5. The lowest BCUT2D eigenvalue weighted by Gasteiger charge is -2.14. The van der Waals surface area contributed by atoms with Gasteiger partial charge in [0.1, 0.15) is 10.7 Å². The molecule has 0 aliphatic rings. The number of benzene rings is 1. The molecule has 1 aromatic heterocycles. The van der Waals surface area contributed by atoms with E-state index in [-0.39, 0.29) is 28.0 Å². The molecule has 2 rings (SSSR count). The third-order valence-electron chi connectivity index (χ3n) is 2.88. The van der Waals surface area contributed by atoms with Crippen molar-refractivity contribution in [3.8, 4) is 17.2 Å². The van der Waals surface area contributed by atoms with Crippen LogP contribution in [0.2, 0.25) is 5.02 Å². The maximum atomic E-state index is 12.5. The number of aromatic nitrogens is 2. The minimum Gasteiger partial charge on any atom is -0.493 e. The number of anilines is 1. The van der Waals surface area contributed by atoms with Gasteiger partial charge < -0.3 is 14.2 Å². The molecule has 0 saturated heterocycles. The Hall–Kier alpha value is -2.88. The third kappa shape index (κ3) is 4.57. The fourth-order valence-electron chi connectivity index (χ4n) is 1.82. The first-order chi connectivity index (χ1) is 12.0. The summed E-state index contributed by atoms with van der Waals surface area (Å²) in [6, 6.07) is 2.84. The number of nitrogens with zero attached hydrogens (tertiary/aromatic N) is 2. The predicted molar refractivity (Wildman–Crippen MR) is 87.3 cm³/mol. The number of alkyl halides is 2. The Kier molecular flexibility index (Phi) is 6.12. The van der Waals surface area contributed by atoms with Gasteiger partial charge in [0.15, 0.2) is 11.5 Å². The highest BCUT2D eigenvalue weighted by atomic mass is 35.5. The summed E-state index contributed by atoms with van der Waals surface area (Å²) in [5, 5.41) is 9.54. The zero-order chi connectivity index (χ0) is 18.4. The van der Waals surface area contributed by atoms with E-state index in [0.717, 1.165) is 0 Å². The van der Waals surface area contributed by atoms with Crippen LogP contribution in [0.25, 0.3) is 0 Å². The van der Waals surface area contributed by atoms with Crippen LogP contribution >= 0.6 is 11.6 Å². The molecule has 1 heterocycles. The lowest BCUT2D eigenvalue weighted by Crippen LogP contribution is -2.10. The number of nitrogens with one attached hydrogen (secondary N) is 2. The molecule has 0 bridgehead atoms. The van der Waals surface area contributed by atoms with E-state index in [9.17, 15) is 13.6 Å². The van der Waals surface area contributed by atoms with Gasteiger partial charge in [-0.05, 0) is 12.1 Å². The summed E-state index contributed by atoms with van der Waals surface area (Å²) in [7, 11) is 2.60. The Labute approximate surface area is 145 Å². The van der Waals surface area contributed by atoms with Crippen molar-refractivity contribution >= 4 is 23.5 Å². The van der Waals surface area contributed by atoms with E-state index in [1.165, 1.54) is 38.8 Å². The molecule has 2 N–H and O–H groups in total. The van der Waals surface area contributed by atoms with Crippen LogP contribution < -0.4 is 25.2 Å². The maximum absolute atomic E-state index is 12.5. The summed E-state index contributed by atoms with van der Waals surface area (Å²) in [6.45, 7) is -3.03. The van der Waals surface area contributed by atoms with Crippen molar-refractivity contribution in [2.24, 2.45) is 5.10 Å². The van der Waals surface area contributed by atoms with Crippen LogP contribution in [-0.2, 0) is 0 Å². The second-order valence-electron chi connectivity index (χ2n) is 4.43. The number of ether oxygens (including phenoxy) is 3. The molecule has 0 amide bonds. The smallest absolute Gasteiger partial charge is 0.387 e. The lowest BCUT2D eigenvalue weighted by molar-refractivity contribution is -0.0526. The van der Waals surface area contributed by atoms with Gasteiger partial charge in [0.2, 0.25) is 5.75 Å². The normalized spacial score (nSPS) is 11.0. The minimum atomic E-state index is -3.03. The standard InChI is InChI=1S/C14H13ClF2N4O4/c1-23-9-3-7(4-10(24-2)12(9)25-14(16)17)5-18-20-8-6-19-21-13(22)11(8)15/h3-6,14H,1-2H3,(H2,20,21,22)/b18-5-. The fourth-order valence-corrected chi connectivity index (χ4v) is 1.95. The van der Waals surface area contributed by atoms with Gasteiger partial charge in [-0.1, -0.05) is 11.6 Å². The summed E-state index contributed by atoms with van der Waals surface area (Å²) in [5.74, 6) is -0.152. The van der Waals surface area contributed by atoms with Gasteiger partial charge in [-0.15, -0.1) is 0 Å². The first-order valence-corrected chi connectivity index (χ1v) is 7.07. The van der Waals surface area contributed by atoms with E-state index < -0.39 is 12.2 Å². The number of methoxy groups -OCH3 is 2. The number of aromatic amines is 1. The zero-order valence-electron chi connectivity index (χ0n) is 13.0. The number of hydrogen-bond acceptors (Lipinski definition) is 7. The van der Waals surface area contributed by atoms with Crippen LogP contribution in [0.3, 0.4) is 0 Å². The second-order valence-corrected chi connectivity index (χ2v) is 4.81. The van der Waals surface area contributed by atoms with Crippen LogP contribution in [-0.4, -0.2) is 37.2 Å². The second kappa shape index (κ2) is 8.29. The molecule has 0 spiro atoms. The SMILES string of the molecule is COc1cc(/C=N\Nc2cn[nH]c(=O)c2Cl)cc(OC)c1OC(F)F. The fraction of sp³-hybridized carbons (Fsp3) is 0.214. The highest BCUT2D eigenvalue weighted by Crippen LogP contribution is 2.39. The van der Waals surface area contributed by atoms with E-state index in [0.29, 0.717) is 5.56 Å². The summed E-state index contributed by atoms with van der Waals surface area (Å²) in [6.07, 6.45) is 2.62. The molecule has 0 radical (unpaired) electrons. The van der Waals surface area contributed by atoms with Crippen LogP contribution in [0.5, 0.6) is 17.2 Å². The van der Waals surface area contributed by atoms with Crippen LogP contribution in [0.15, 0.2) is 28.2 Å². The molecule has 0 aliphatic heterocycles. The van der Waals surface area contributed by atoms with Crippen molar-refractivity contribution in [3.63, 3.8) is 0 Å². The Morgan fingerprint density at radius 3 is 2.52 bits per heavy atom. The molecule has 25 heavy (non-hydrogen) atoms. The Morgan fingerprint density at radius 2 is 1.96 bits per heavy atom. The third-order valence-corrected chi connectivity index (χ3v) is 3.26. The highest BCUT2D eigenvalue weighted by molar-refractivity contribution is 6.32. The van der Waals surface area contributed by atoms with Gasteiger partial charge >= 0.3 is 6.61 Å². The summed E-state index contributed by atoms with van der Waals surface area (Å²) in [4.78, 5) is 11.3. The summed E-state index contributed by atoms with van der Waals surface area (Å²) in [5.41, 5.74) is 2.62. The van der Waals surface area contributed by atoms with Gasteiger partial charge in [0.25, 0.3) is 5.56 Å². The molecule has 8 nitrogen and oxygen atoms in total. The highest BCUT2D eigenvalue weighted by Gasteiger charge is 2.17. The van der Waals surface area contributed by atoms with E-state index in [1.54, 1.807) is 0 Å². The first-order valence-electron chi connectivity index (χ1n) is 6.69. The zero-order valence-corrected chi connectivity index (χ0v) is 13.8. The van der Waals surface area contributed by atoms with Crippen molar-refractivity contribution in [1.29, 1.82) is 0 Å². The molecule has 0 atom stereocenters. The number of rotatable bonds is 7. The number of halogens is 3. The van der Waals surface area contributed by atoms with Crippen molar-refractivity contribution in [2.75, 3.05) is 19.6 Å². The van der Waals surface area contributed by atoms with Crippen molar-refractivity contribution < 1.29 is 23.0 Å². The molecule has 2 aromatic rings. The minimum absolute atomic E-state index is 0.0388. The molecule has 11 heteroatoms. The quantitative estimate of drug-likeness (QED) is 0.571. The van der Waals surface area contributed by atoms with Gasteiger partial charge in [-0.25, -0.2) is 5.10 Å². The number of hydrazone groups is 1. The molecule has 0 aliphatic carbocycles. The maximum Gasteiger partial charge on any atom is 0.387 e. The Morgan fingerprint density at radius 1 is 1.32 bits per heavy atom. The Balaban J connectivity index is 2.27. The predicted octanol–water partition coefficient (Wildman–Crippen LogP) is 2.49. The van der Waals surface area contributed by atoms with Crippen LogP contribution in [0.1, 0.15) is 5.56 Å². The Bertz CT molecular complexity index is 804. The van der Waals surface area contributed by atoms with Gasteiger partial charge in [-0.2, -0.15) is 19.0 Å². The molecule has 134 valence electrons. The van der Waals surface area contributed by atoms with Crippen molar-refractivity contribution in [2.45, 2.75) is 6.61 Å². The monoisotopic (exact) mass is 374 g/mol. The van der Waals surface area contributed by atoms with Crippen LogP contribution in [0.4, 0.5) is 14.5 Å². The van der Waals surface area contributed by atoms with E-state index in [1.807, 2.05) is 0 Å². The average molecular weight is 375 g/mol. The molecule has 1 aromatic carbocycles. The molecular formula is C14H13ClF2N4O4. The van der Waals surface area contributed by atoms with E-state index in [2.05, 4.69) is 25.5 Å². The number of H-pyrrole nitrogens is 1. The van der Waals surface area contributed by atoms with Crippen LogP contribution in [0, 0.1) is 0 Å². The van der Waals surface area contributed by atoms with E-state index >= 15 is 0 Å². The van der Waals surface area contributed by atoms with E-state index in [4.69, 9.17) is 21.1 Å². The molecule has 0 unspecified atom stereocenters. The summed E-state index contributed by atoms with van der Waals surface area (Å²) >= 11 is 5.79. The topological polar surface area (TPSA) is 97.8 Å².